The number of sulfonamides is 1. The molecule has 4 N–H and O–H groups in total. The highest BCUT2D eigenvalue weighted by Gasteiger charge is 2.26. The maximum Gasteiger partial charge on any atom is 0.273 e. The number of phenolic OH excluding ortho intramolecular Hbond substituents is 1. The number of para-hydroxylation sites is 1. The van der Waals surface area contributed by atoms with Crippen molar-refractivity contribution >= 4 is 21.8 Å². The first-order valence-corrected chi connectivity index (χ1v) is 10.9. The lowest BCUT2D eigenvalue weighted by Crippen LogP contribution is -2.41. The number of aromatic hydroxyl groups is 1. The zero-order chi connectivity index (χ0) is 21.7. The van der Waals surface area contributed by atoms with Crippen LogP contribution >= 0.6 is 0 Å². The van der Waals surface area contributed by atoms with Gasteiger partial charge in [0.1, 0.15) is 16.4 Å². The average Bonchev–Trinajstić information content (AvgIpc) is 3.24. The number of hydrazine groups is 1. The van der Waals surface area contributed by atoms with E-state index in [1.807, 2.05) is 0 Å². The Kier molecular flexibility index (Phi) is 6.58. The van der Waals surface area contributed by atoms with Gasteiger partial charge in [0, 0.05) is 11.6 Å². The SMILES string of the molecule is COc1ccc(C(=O)NNC(=O)c2ccccc2O)cc1S(=O)(=O)NC1CCCC1. The minimum Gasteiger partial charge on any atom is -0.507 e. The van der Waals surface area contributed by atoms with E-state index < -0.39 is 21.8 Å². The lowest BCUT2D eigenvalue weighted by molar-refractivity contribution is 0.0845. The maximum absolute atomic E-state index is 12.8. The van der Waals surface area contributed by atoms with E-state index in [1.54, 1.807) is 12.1 Å². The molecule has 1 fully saturated rings. The van der Waals surface area contributed by atoms with Gasteiger partial charge in [-0.25, -0.2) is 13.1 Å². The molecule has 0 aromatic heterocycles. The lowest BCUT2D eigenvalue weighted by Gasteiger charge is -2.16. The van der Waals surface area contributed by atoms with Gasteiger partial charge in [-0.2, -0.15) is 0 Å². The molecule has 1 aliphatic rings. The van der Waals surface area contributed by atoms with Crippen LogP contribution in [0.3, 0.4) is 0 Å². The number of ether oxygens (including phenoxy) is 1. The third-order valence-corrected chi connectivity index (χ3v) is 6.37. The van der Waals surface area contributed by atoms with Gasteiger partial charge in [0.2, 0.25) is 10.0 Å². The number of methoxy groups -OCH3 is 1. The zero-order valence-corrected chi connectivity index (χ0v) is 17.2. The van der Waals surface area contributed by atoms with Gasteiger partial charge in [0.25, 0.3) is 11.8 Å². The highest BCUT2D eigenvalue weighted by molar-refractivity contribution is 7.89. The van der Waals surface area contributed by atoms with Crippen LogP contribution in [-0.2, 0) is 10.0 Å². The van der Waals surface area contributed by atoms with Crippen molar-refractivity contribution in [2.75, 3.05) is 7.11 Å². The summed E-state index contributed by atoms with van der Waals surface area (Å²) in [5.74, 6) is -1.57. The lowest BCUT2D eigenvalue weighted by atomic mass is 10.2. The minimum absolute atomic E-state index is 0.0141. The summed E-state index contributed by atoms with van der Waals surface area (Å²) in [5.41, 5.74) is 4.39. The smallest absolute Gasteiger partial charge is 0.273 e. The van der Waals surface area contributed by atoms with Crippen molar-refractivity contribution in [3.8, 4) is 11.5 Å². The van der Waals surface area contributed by atoms with Crippen LogP contribution in [0, 0.1) is 0 Å². The van der Waals surface area contributed by atoms with E-state index in [4.69, 9.17) is 4.74 Å². The number of amides is 2. The van der Waals surface area contributed by atoms with Gasteiger partial charge in [0.05, 0.1) is 12.7 Å². The zero-order valence-electron chi connectivity index (χ0n) is 16.3. The molecule has 0 heterocycles. The Bertz CT molecular complexity index is 1050. The van der Waals surface area contributed by atoms with Gasteiger partial charge in [0.15, 0.2) is 0 Å². The minimum atomic E-state index is -3.90. The molecule has 1 saturated carbocycles. The van der Waals surface area contributed by atoms with Crippen molar-refractivity contribution in [2.24, 2.45) is 0 Å². The molecule has 30 heavy (non-hydrogen) atoms. The second-order valence-electron chi connectivity index (χ2n) is 6.89. The van der Waals surface area contributed by atoms with E-state index in [2.05, 4.69) is 15.6 Å². The first-order valence-electron chi connectivity index (χ1n) is 9.41. The molecule has 0 bridgehead atoms. The van der Waals surface area contributed by atoms with E-state index in [0.717, 1.165) is 25.7 Å². The Morgan fingerprint density at radius 3 is 2.37 bits per heavy atom. The average molecular weight is 433 g/mol. The van der Waals surface area contributed by atoms with Crippen LogP contribution in [0.15, 0.2) is 47.4 Å². The number of rotatable bonds is 6. The summed E-state index contributed by atoms with van der Waals surface area (Å²) >= 11 is 0. The summed E-state index contributed by atoms with van der Waals surface area (Å²) in [5, 5.41) is 9.70. The fraction of sp³-hybridized carbons (Fsp3) is 0.300. The number of nitrogens with one attached hydrogen (secondary N) is 3. The van der Waals surface area contributed by atoms with E-state index in [0.29, 0.717) is 0 Å². The number of phenols is 1. The molecule has 160 valence electrons. The number of carbonyl (C=O) groups excluding carboxylic acids is 2. The predicted octanol–water partition coefficient (Wildman–Crippen LogP) is 1.70. The number of hydrogen-bond donors (Lipinski definition) is 4. The van der Waals surface area contributed by atoms with Crippen LogP contribution in [0.1, 0.15) is 46.4 Å². The van der Waals surface area contributed by atoms with Crippen LogP contribution in [0.4, 0.5) is 0 Å². The van der Waals surface area contributed by atoms with Gasteiger partial charge in [-0.3, -0.25) is 20.4 Å². The largest absolute Gasteiger partial charge is 0.507 e. The third kappa shape index (κ3) is 4.89. The van der Waals surface area contributed by atoms with Crippen LogP contribution < -0.4 is 20.3 Å². The second kappa shape index (κ2) is 9.14. The Morgan fingerprint density at radius 2 is 1.70 bits per heavy atom. The Hall–Kier alpha value is -3.11. The molecular formula is C20H23N3O6S. The number of benzene rings is 2. The molecule has 10 heteroatoms. The fourth-order valence-corrected chi connectivity index (χ4v) is 4.77. The highest BCUT2D eigenvalue weighted by atomic mass is 32.2. The molecule has 0 radical (unpaired) electrons. The number of hydrogen-bond acceptors (Lipinski definition) is 6. The Labute approximate surface area is 174 Å². The van der Waals surface area contributed by atoms with Crippen molar-refractivity contribution in [2.45, 2.75) is 36.6 Å². The van der Waals surface area contributed by atoms with Crippen LogP contribution in [0.5, 0.6) is 11.5 Å². The van der Waals surface area contributed by atoms with Crippen LogP contribution in [-0.4, -0.2) is 38.5 Å². The Morgan fingerprint density at radius 1 is 1.03 bits per heavy atom. The van der Waals surface area contributed by atoms with Crippen LogP contribution in [0.25, 0.3) is 0 Å². The summed E-state index contributed by atoms with van der Waals surface area (Å²) in [6, 6.07) is 9.67. The summed E-state index contributed by atoms with van der Waals surface area (Å²) in [7, 11) is -2.55. The van der Waals surface area contributed by atoms with E-state index in [9.17, 15) is 23.1 Å². The maximum atomic E-state index is 12.8. The molecule has 2 aromatic carbocycles. The normalized spacial score (nSPS) is 14.3. The topological polar surface area (TPSA) is 134 Å². The molecule has 2 aromatic rings. The molecule has 9 nitrogen and oxygen atoms in total. The summed E-state index contributed by atoms with van der Waals surface area (Å²) in [6.07, 6.45) is 3.45. The molecule has 0 unspecified atom stereocenters. The monoisotopic (exact) mass is 433 g/mol. The molecule has 0 aliphatic heterocycles. The third-order valence-electron chi connectivity index (χ3n) is 4.83. The molecule has 3 rings (SSSR count). The standard InChI is InChI=1S/C20H23N3O6S/c1-29-17-11-10-13(12-18(17)30(27,28)23-14-6-2-3-7-14)19(25)21-22-20(26)15-8-4-5-9-16(15)24/h4-5,8-12,14,23-24H,2-3,6-7H2,1H3,(H,21,25)(H,22,26). The van der Waals surface area contributed by atoms with Gasteiger partial charge >= 0.3 is 0 Å². The van der Waals surface area contributed by atoms with Crippen molar-refractivity contribution in [3.05, 3.63) is 53.6 Å². The quantitative estimate of drug-likeness (QED) is 0.513. The molecule has 0 saturated heterocycles. The first-order chi connectivity index (χ1) is 14.3. The van der Waals surface area contributed by atoms with Crippen molar-refractivity contribution in [1.29, 1.82) is 0 Å². The summed E-state index contributed by atoms with van der Waals surface area (Å²) in [6.45, 7) is 0. The summed E-state index contributed by atoms with van der Waals surface area (Å²) in [4.78, 5) is 24.4. The second-order valence-corrected chi connectivity index (χ2v) is 8.58. The summed E-state index contributed by atoms with van der Waals surface area (Å²) < 4.78 is 33.4. The number of carbonyl (C=O) groups is 2. The van der Waals surface area contributed by atoms with Gasteiger partial charge in [-0.15, -0.1) is 0 Å². The van der Waals surface area contributed by atoms with Crippen molar-refractivity contribution in [1.82, 2.24) is 15.6 Å². The van der Waals surface area contributed by atoms with E-state index >= 15 is 0 Å². The van der Waals surface area contributed by atoms with Crippen LogP contribution in [0.2, 0.25) is 0 Å². The molecule has 0 atom stereocenters. The first kappa shape index (κ1) is 21.6. The van der Waals surface area contributed by atoms with Crippen molar-refractivity contribution < 1.29 is 27.9 Å². The molecule has 2 amide bonds. The van der Waals surface area contributed by atoms with Gasteiger partial charge < -0.3 is 9.84 Å². The van der Waals surface area contributed by atoms with Crippen molar-refractivity contribution in [3.63, 3.8) is 0 Å². The predicted molar refractivity (Wildman–Crippen MR) is 109 cm³/mol. The van der Waals surface area contributed by atoms with Gasteiger partial charge in [-0.1, -0.05) is 25.0 Å². The Balaban J connectivity index is 1.75. The highest BCUT2D eigenvalue weighted by Crippen LogP contribution is 2.27. The van der Waals surface area contributed by atoms with Gasteiger partial charge in [-0.05, 0) is 43.2 Å². The fourth-order valence-electron chi connectivity index (χ4n) is 3.27. The molecule has 1 aliphatic carbocycles. The molecular weight excluding hydrogens is 410 g/mol. The van der Waals surface area contributed by atoms with E-state index in [1.165, 1.54) is 37.4 Å². The molecule has 0 spiro atoms. The van der Waals surface area contributed by atoms with E-state index in [-0.39, 0.29) is 33.6 Å².